The van der Waals surface area contributed by atoms with Crippen LogP contribution in [0.25, 0.3) is 0 Å². The van der Waals surface area contributed by atoms with E-state index in [9.17, 15) is 5.21 Å². The first-order valence-electron chi connectivity index (χ1n) is 3.25. The van der Waals surface area contributed by atoms with Gasteiger partial charge in [0.2, 0.25) is 0 Å². The van der Waals surface area contributed by atoms with Crippen molar-refractivity contribution in [3.05, 3.63) is 5.21 Å². The second-order valence-electron chi connectivity index (χ2n) is 2.42. The van der Waals surface area contributed by atoms with Gasteiger partial charge in [-0.25, -0.2) is 0 Å². The molecule has 8 heavy (non-hydrogen) atoms. The predicted molar refractivity (Wildman–Crippen MR) is 33.3 cm³/mol. The van der Waals surface area contributed by atoms with E-state index in [2.05, 4.69) is 0 Å². The Kier molecular flexibility index (Phi) is 1.86. The Labute approximate surface area is 50.1 Å². The maximum absolute atomic E-state index is 10.6. The molecule has 2 nitrogen and oxygen atoms in total. The summed E-state index contributed by atoms with van der Waals surface area (Å²) < 4.78 is 0. The molecular weight excluding hydrogens is 102 g/mol. The van der Waals surface area contributed by atoms with Crippen LogP contribution in [0.15, 0.2) is 0 Å². The van der Waals surface area contributed by atoms with Crippen molar-refractivity contribution in [2.24, 2.45) is 5.92 Å². The highest BCUT2D eigenvalue weighted by molar-refractivity contribution is 4.76. The molecule has 0 aromatic carbocycles. The lowest BCUT2D eigenvalue weighted by atomic mass is 10.4. The molecule has 0 aromatic rings. The van der Waals surface area contributed by atoms with E-state index in [0.29, 0.717) is 6.54 Å². The van der Waals surface area contributed by atoms with Crippen LogP contribution in [-0.4, -0.2) is 18.2 Å². The standard InChI is InChI=1S/C6H12NO/c1-2-7(8)5-6-3-4-6/h6H,2-5H2,1H3/q-1. The lowest BCUT2D eigenvalue weighted by Crippen LogP contribution is -2.17. The highest BCUT2D eigenvalue weighted by atomic mass is 16.5. The molecule has 0 atom stereocenters. The van der Waals surface area contributed by atoms with Gasteiger partial charge in [-0.15, -0.1) is 0 Å². The van der Waals surface area contributed by atoms with Crippen molar-refractivity contribution in [1.82, 2.24) is 5.06 Å². The molecule has 0 spiro atoms. The monoisotopic (exact) mass is 114 g/mol. The molecule has 0 saturated heterocycles. The molecule has 0 amide bonds. The van der Waals surface area contributed by atoms with E-state index in [1.165, 1.54) is 12.8 Å². The van der Waals surface area contributed by atoms with Crippen LogP contribution in [0.2, 0.25) is 0 Å². The number of hydrogen-bond donors (Lipinski definition) is 0. The van der Waals surface area contributed by atoms with Gasteiger partial charge in [0, 0.05) is 0 Å². The van der Waals surface area contributed by atoms with Crippen LogP contribution in [0.1, 0.15) is 19.8 Å². The van der Waals surface area contributed by atoms with Gasteiger partial charge in [0.25, 0.3) is 0 Å². The lowest BCUT2D eigenvalue weighted by Gasteiger charge is -2.25. The Hall–Kier alpha value is -0.0800. The Bertz CT molecular complexity index is 70.9. The van der Waals surface area contributed by atoms with E-state index < -0.39 is 0 Å². The molecule has 1 fully saturated rings. The molecular formula is C6H12NO-. The Morgan fingerprint density at radius 2 is 2.25 bits per heavy atom. The average molecular weight is 114 g/mol. The molecule has 48 valence electrons. The van der Waals surface area contributed by atoms with Crippen LogP contribution < -0.4 is 0 Å². The quantitative estimate of drug-likeness (QED) is 0.515. The first-order chi connectivity index (χ1) is 3.83. The fourth-order valence-corrected chi connectivity index (χ4v) is 0.718. The fraction of sp³-hybridized carbons (Fsp3) is 1.00. The third kappa shape index (κ3) is 1.80. The molecule has 0 aliphatic heterocycles. The minimum Gasteiger partial charge on any atom is -0.785 e. The molecule has 1 aliphatic carbocycles. The highest BCUT2D eigenvalue weighted by Crippen LogP contribution is 2.29. The maximum atomic E-state index is 10.6. The first kappa shape index (κ1) is 6.05. The van der Waals surface area contributed by atoms with E-state index in [0.717, 1.165) is 17.5 Å². The Morgan fingerprint density at radius 1 is 1.62 bits per heavy atom. The van der Waals surface area contributed by atoms with E-state index in [1.54, 1.807) is 0 Å². The molecule has 0 bridgehead atoms. The van der Waals surface area contributed by atoms with E-state index in [-0.39, 0.29) is 0 Å². The zero-order valence-electron chi connectivity index (χ0n) is 5.26. The smallest absolute Gasteiger partial charge is 0.0116 e. The van der Waals surface area contributed by atoms with Crippen LogP contribution in [-0.2, 0) is 0 Å². The minimum atomic E-state index is 0.649. The minimum absolute atomic E-state index is 0.649. The van der Waals surface area contributed by atoms with Gasteiger partial charge in [0.05, 0.1) is 0 Å². The van der Waals surface area contributed by atoms with Gasteiger partial charge in [-0.05, 0) is 31.8 Å². The van der Waals surface area contributed by atoms with E-state index >= 15 is 0 Å². The molecule has 1 aliphatic rings. The summed E-state index contributed by atoms with van der Waals surface area (Å²) in [6.07, 6.45) is 2.55. The summed E-state index contributed by atoms with van der Waals surface area (Å²) in [6, 6.07) is 0. The molecule has 1 rings (SSSR count). The van der Waals surface area contributed by atoms with Crippen LogP contribution in [0, 0.1) is 11.1 Å². The summed E-state index contributed by atoms with van der Waals surface area (Å²) in [5, 5.41) is 11.7. The molecule has 0 N–H and O–H groups in total. The van der Waals surface area contributed by atoms with Crippen molar-refractivity contribution in [2.75, 3.05) is 13.1 Å². The van der Waals surface area contributed by atoms with Gasteiger partial charge in [0.1, 0.15) is 0 Å². The number of hydrogen-bond acceptors (Lipinski definition) is 2. The third-order valence-corrected chi connectivity index (χ3v) is 1.51. The molecule has 0 unspecified atom stereocenters. The summed E-state index contributed by atoms with van der Waals surface area (Å²) >= 11 is 0. The lowest BCUT2D eigenvalue weighted by molar-refractivity contribution is 0.380. The van der Waals surface area contributed by atoms with Crippen LogP contribution in [0.3, 0.4) is 0 Å². The summed E-state index contributed by atoms with van der Waals surface area (Å²) in [4.78, 5) is 0. The van der Waals surface area contributed by atoms with Gasteiger partial charge in [-0.3, -0.25) is 0 Å². The van der Waals surface area contributed by atoms with E-state index in [4.69, 9.17) is 0 Å². The first-order valence-corrected chi connectivity index (χ1v) is 3.25. The van der Waals surface area contributed by atoms with Crippen molar-refractivity contribution < 1.29 is 0 Å². The van der Waals surface area contributed by atoms with Crippen molar-refractivity contribution in [1.29, 1.82) is 0 Å². The van der Waals surface area contributed by atoms with Crippen molar-refractivity contribution in [2.45, 2.75) is 19.8 Å². The van der Waals surface area contributed by atoms with Crippen molar-refractivity contribution in [3.63, 3.8) is 0 Å². The molecule has 0 aromatic heterocycles. The molecule has 0 heterocycles. The fourth-order valence-electron chi connectivity index (χ4n) is 0.718. The van der Waals surface area contributed by atoms with Crippen molar-refractivity contribution >= 4 is 0 Å². The summed E-state index contributed by atoms with van der Waals surface area (Å²) in [6.45, 7) is 3.32. The van der Waals surface area contributed by atoms with Gasteiger partial charge < -0.3 is 10.3 Å². The normalized spacial score (nSPS) is 19.9. The molecule has 0 radical (unpaired) electrons. The second kappa shape index (κ2) is 2.46. The van der Waals surface area contributed by atoms with Gasteiger partial charge >= 0.3 is 0 Å². The molecule has 2 heteroatoms. The summed E-state index contributed by atoms with van der Waals surface area (Å²) in [7, 11) is 0. The van der Waals surface area contributed by atoms with Gasteiger partial charge in [-0.2, -0.15) is 0 Å². The zero-order valence-corrected chi connectivity index (χ0v) is 5.26. The van der Waals surface area contributed by atoms with Gasteiger partial charge in [-0.1, -0.05) is 6.92 Å². The molecule has 1 saturated carbocycles. The Balaban J connectivity index is 1.98. The number of rotatable bonds is 3. The van der Waals surface area contributed by atoms with Gasteiger partial charge in [0.15, 0.2) is 0 Å². The second-order valence-corrected chi connectivity index (χ2v) is 2.42. The van der Waals surface area contributed by atoms with Crippen LogP contribution >= 0.6 is 0 Å². The number of hydroxylamine groups is 2. The van der Waals surface area contributed by atoms with Crippen LogP contribution in [0.5, 0.6) is 0 Å². The average Bonchev–Trinajstić information content (AvgIpc) is 2.50. The largest absolute Gasteiger partial charge is 0.785 e. The van der Waals surface area contributed by atoms with E-state index in [1.807, 2.05) is 6.92 Å². The summed E-state index contributed by atoms with van der Waals surface area (Å²) in [5.74, 6) is 0.743. The maximum Gasteiger partial charge on any atom is -0.0116 e. The Morgan fingerprint density at radius 3 is 2.62 bits per heavy atom. The topological polar surface area (TPSA) is 26.3 Å². The van der Waals surface area contributed by atoms with Crippen molar-refractivity contribution in [3.8, 4) is 0 Å². The predicted octanol–water partition coefficient (Wildman–Crippen LogP) is 1.22. The third-order valence-electron chi connectivity index (χ3n) is 1.51. The van der Waals surface area contributed by atoms with Crippen LogP contribution in [0.4, 0.5) is 0 Å². The highest BCUT2D eigenvalue weighted by Gasteiger charge is 2.20. The SMILES string of the molecule is CCN([O-])CC1CC1. The number of nitrogens with zero attached hydrogens (tertiary/aromatic N) is 1. The zero-order chi connectivity index (χ0) is 5.98. The summed E-state index contributed by atoms with van der Waals surface area (Å²) in [5.41, 5.74) is 0.